The number of nitrogens with one attached hydrogen (secondary N) is 3. The van der Waals surface area contributed by atoms with Crippen molar-refractivity contribution in [1.82, 2.24) is 20.6 Å². The van der Waals surface area contributed by atoms with Crippen LogP contribution in [0.3, 0.4) is 0 Å². The first-order chi connectivity index (χ1) is 14.7. The lowest BCUT2D eigenvalue weighted by Crippen LogP contribution is -2.38. The molecule has 0 bridgehead atoms. The molecule has 3 N–H and O–H groups in total. The van der Waals surface area contributed by atoms with Crippen molar-refractivity contribution in [1.29, 1.82) is 0 Å². The number of benzene rings is 2. The first-order valence-electron chi connectivity index (χ1n) is 10.0. The van der Waals surface area contributed by atoms with Crippen LogP contribution in [0.4, 0.5) is 9.18 Å². The maximum atomic E-state index is 13.2. The molecule has 5 rings (SSSR count). The summed E-state index contributed by atoms with van der Waals surface area (Å²) in [7, 11) is 0. The van der Waals surface area contributed by atoms with Gasteiger partial charge in [-0.15, -0.1) is 11.3 Å². The molecule has 7 heteroatoms. The van der Waals surface area contributed by atoms with Gasteiger partial charge in [0.1, 0.15) is 10.8 Å². The van der Waals surface area contributed by atoms with Crippen LogP contribution in [0.1, 0.15) is 35.1 Å². The van der Waals surface area contributed by atoms with Gasteiger partial charge in [0.05, 0.1) is 23.2 Å². The van der Waals surface area contributed by atoms with Crippen LogP contribution in [-0.2, 0) is 13.0 Å². The van der Waals surface area contributed by atoms with E-state index >= 15 is 0 Å². The average molecular weight is 421 g/mol. The molecule has 2 amide bonds. The van der Waals surface area contributed by atoms with Crippen LogP contribution in [0, 0.1) is 5.82 Å². The number of carbonyl (C=O) groups is 1. The summed E-state index contributed by atoms with van der Waals surface area (Å²) in [5.74, 6) is -0.258. The van der Waals surface area contributed by atoms with Gasteiger partial charge in [-0.05, 0) is 61.0 Å². The summed E-state index contributed by atoms with van der Waals surface area (Å²) in [6.07, 6.45) is 2.77. The second-order valence-corrected chi connectivity index (χ2v) is 8.52. The molecule has 0 saturated heterocycles. The molecule has 0 radical (unpaired) electrons. The van der Waals surface area contributed by atoms with E-state index in [1.807, 2.05) is 30.3 Å². The summed E-state index contributed by atoms with van der Waals surface area (Å²) >= 11 is 1.58. The van der Waals surface area contributed by atoms with Crippen molar-refractivity contribution in [3.63, 3.8) is 0 Å². The van der Waals surface area contributed by atoms with E-state index in [0.717, 1.165) is 57.0 Å². The molecule has 2 aromatic heterocycles. The molecule has 2 aromatic carbocycles. The Morgan fingerprint density at radius 1 is 1.20 bits per heavy atom. The fraction of sp³-hybridized carbons (Fsp3) is 0.217. The predicted octanol–water partition coefficient (Wildman–Crippen LogP) is 5.31. The molecule has 1 aliphatic rings. The van der Waals surface area contributed by atoms with Crippen LogP contribution in [-0.4, -0.2) is 16.0 Å². The number of thiazole rings is 1. The fourth-order valence-electron chi connectivity index (χ4n) is 3.89. The van der Waals surface area contributed by atoms with E-state index in [1.54, 1.807) is 23.5 Å². The number of fused-ring (bicyclic) bond motifs is 2. The summed E-state index contributed by atoms with van der Waals surface area (Å²) in [6, 6.07) is 16.2. The lowest BCUT2D eigenvalue weighted by Gasteiger charge is -2.22. The van der Waals surface area contributed by atoms with Crippen LogP contribution in [0.2, 0.25) is 0 Å². The number of para-hydroxylation sites is 1. The predicted molar refractivity (Wildman–Crippen MR) is 117 cm³/mol. The Kier molecular flexibility index (Phi) is 4.96. The Labute approximate surface area is 177 Å². The van der Waals surface area contributed by atoms with Crippen molar-refractivity contribution in [3.8, 4) is 10.6 Å². The molecule has 152 valence electrons. The average Bonchev–Trinajstić information content (AvgIpc) is 3.37. The Hall–Kier alpha value is -3.19. The van der Waals surface area contributed by atoms with Crippen LogP contribution in [0.15, 0.2) is 54.6 Å². The molecule has 2 heterocycles. The molecule has 5 nitrogen and oxygen atoms in total. The maximum absolute atomic E-state index is 13.2. The van der Waals surface area contributed by atoms with Gasteiger partial charge < -0.3 is 15.6 Å². The van der Waals surface area contributed by atoms with E-state index in [9.17, 15) is 9.18 Å². The number of urea groups is 1. The highest BCUT2D eigenvalue weighted by Crippen LogP contribution is 2.37. The molecule has 1 aliphatic carbocycles. The summed E-state index contributed by atoms with van der Waals surface area (Å²) in [5.41, 5.74) is 3.96. The molecule has 1 unspecified atom stereocenters. The van der Waals surface area contributed by atoms with E-state index in [-0.39, 0.29) is 17.9 Å². The number of amides is 2. The molecule has 0 saturated carbocycles. The highest BCUT2D eigenvalue weighted by molar-refractivity contribution is 7.15. The quantitative estimate of drug-likeness (QED) is 0.419. The number of hydrogen-bond acceptors (Lipinski definition) is 3. The van der Waals surface area contributed by atoms with Crippen LogP contribution in [0.25, 0.3) is 21.5 Å². The molecule has 4 aromatic rings. The van der Waals surface area contributed by atoms with E-state index in [4.69, 9.17) is 4.98 Å². The molecule has 1 atom stereocenters. The highest BCUT2D eigenvalue weighted by Gasteiger charge is 2.26. The Morgan fingerprint density at radius 2 is 2.03 bits per heavy atom. The first kappa shape index (κ1) is 18.8. The van der Waals surface area contributed by atoms with E-state index in [0.29, 0.717) is 6.54 Å². The van der Waals surface area contributed by atoms with E-state index in [1.165, 1.54) is 12.1 Å². The minimum Gasteiger partial charge on any atom is -0.357 e. The zero-order valence-electron chi connectivity index (χ0n) is 16.2. The molecular weight excluding hydrogens is 399 g/mol. The van der Waals surface area contributed by atoms with Crippen molar-refractivity contribution < 1.29 is 9.18 Å². The van der Waals surface area contributed by atoms with E-state index < -0.39 is 0 Å². The largest absolute Gasteiger partial charge is 0.357 e. The van der Waals surface area contributed by atoms with Crippen molar-refractivity contribution in [2.75, 3.05) is 0 Å². The summed E-state index contributed by atoms with van der Waals surface area (Å²) in [4.78, 5) is 21.7. The SMILES string of the molecule is O=C(NCc1cc2ccccc2[nH]1)NC1CCCc2nc(-c3ccc(F)cc3)sc21. The van der Waals surface area contributed by atoms with Gasteiger partial charge in [-0.1, -0.05) is 18.2 Å². The zero-order chi connectivity index (χ0) is 20.5. The number of aryl methyl sites for hydroxylation is 1. The molecule has 0 spiro atoms. The third-order valence-electron chi connectivity index (χ3n) is 5.37. The van der Waals surface area contributed by atoms with Gasteiger partial charge in [0, 0.05) is 16.8 Å². The number of nitrogens with zero attached hydrogens (tertiary/aromatic N) is 1. The summed E-state index contributed by atoms with van der Waals surface area (Å²) < 4.78 is 13.2. The van der Waals surface area contributed by atoms with Gasteiger partial charge in [-0.3, -0.25) is 0 Å². The van der Waals surface area contributed by atoms with Gasteiger partial charge in [-0.25, -0.2) is 14.2 Å². The van der Waals surface area contributed by atoms with Crippen LogP contribution < -0.4 is 10.6 Å². The van der Waals surface area contributed by atoms with Gasteiger partial charge in [0.2, 0.25) is 0 Å². The second-order valence-electron chi connectivity index (χ2n) is 7.49. The lowest BCUT2D eigenvalue weighted by molar-refractivity contribution is 0.235. The van der Waals surface area contributed by atoms with E-state index in [2.05, 4.69) is 15.6 Å². The third-order valence-corrected chi connectivity index (χ3v) is 6.63. The van der Waals surface area contributed by atoms with Gasteiger partial charge in [0.15, 0.2) is 0 Å². The smallest absolute Gasteiger partial charge is 0.315 e. The van der Waals surface area contributed by atoms with Crippen molar-refractivity contribution in [2.45, 2.75) is 31.8 Å². The van der Waals surface area contributed by atoms with Crippen molar-refractivity contribution >= 4 is 28.3 Å². The minimum atomic E-state index is -0.258. The number of halogens is 1. The molecular formula is C23H21FN4OS. The number of H-pyrrole nitrogens is 1. The number of rotatable bonds is 4. The maximum Gasteiger partial charge on any atom is 0.315 e. The summed E-state index contributed by atoms with van der Waals surface area (Å²) in [5, 5.41) is 8.04. The molecule has 30 heavy (non-hydrogen) atoms. The van der Waals surface area contributed by atoms with Crippen molar-refractivity contribution in [2.24, 2.45) is 0 Å². The summed E-state index contributed by atoms with van der Waals surface area (Å²) in [6.45, 7) is 0.434. The number of aromatic nitrogens is 2. The number of carbonyl (C=O) groups excluding carboxylic acids is 1. The van der Waals surface area contributed by atoms with Crippen molar-refractivity contribution in [3.05, 3.63) is 76.7 Å². The zero-order valence-corrected chi connectivity index (χ0v) is 17.1. The van der Waals surface area contributed by atoms with Crippen LogP contribution in [0.5, 0.6) is 0 Å². The topological polar surface area (TPSA) is 69.8 Å². The highest BCUT2D eigenvalue weighted by atomic mass is 32.1. The minimum absolute atomic E-state index is 0.0526. The molecule has 0 aliphatic heterocycles. The van der Waals surface area contributed by atoms with Gasteiger partial charge >= 0.3 is 6.03 Å². The first-order valence-corrected chi connectivity index (χ1v) is 10.8. The Bertz CT molecular complexity index is 1160. The Balaban J connectivity index is 1.26. The monoisotopic (exact) mass is 420 g/mol. The van der Waals surface area contributed by atoms with Gasteiger partial charge in [-0.2, -0.15) is 0 Å². The fourth-order valence-corrected chi connectivity index (χ4v) is 5.09. The molecule has 0 fully saturated rings. The Morgan fingerprint density at radius 3 is 2.87 bits per heavy atom. The lowest BCUT2D eigenvalue weighted by atomic mass is 9.98. The van der Waals surface area contributed by atoms with Crippen LogP contribution >= 0.6 is 11.3 Å². The number of hydrogen-bond donors (Lipinski definition) is 3. The normalized spacial score (nSPS) is 15.7. The third kappa shape index (κ3) is 3.80. The van der Waals surface area contributed by atoms with Gasteiger partial charge in [0.25, 0.3) is 0 Å². The standard InChI is InChI=1S/C23H21FN4OS/c24-16-10-8-14(9-11-16)22-27-19-6-3-7-20(21(19)30-22)28-23(29)25-13-17-12-15-4-1-2-5-18(15)26-17/h1-2,4-5,8-12,20,26H,3,6-7,13H2,(H2,25,28,29). The number of aromatic amines is 1. The second kappa shape index (κ2) is 7.91.